The summed E-state index contributed by atoms with van der Waals surface area (Å²) in [5.74, 6) is 0.952. The normalized spacial score (nSPS) is 11.0. The van der Waals surface area contributed by atoms with Crippen molar-refractivity contribution < 1.29 is 0 Å². The Labute approximate surface area is 170 Å². The second-order valence-corrected chi connectivity index (χ2v) is 8.10. The van der Waals surface area contributed by atoms with Crippen LogP contribution in [0.25, 0.3) is 22.4 Å². The lowest BCUT2D eigenvalue weighted by molar-refractivity contribution is 0.970. The molecule has 1 aromatic heterocycles. The molecule has 0 aliphatic carbocycles. The summed E-state index contributed by atoms with van der Waals surface area (Å²) in [5.41, 5.74) is 12.6. The Morgan fingerprint density at radius 3 is 1.68 bits per heavy atom. The molecule has 0 fully saturated rings. The Kier molecular flexibility index (Phi) is 5.88. The zero-order valence-electron chi connectivity index (χ0n) is 18.3. The second-order valence-electron chi connectivity index (χ2n) is 8.10. The molecule has 0 saturated heterocycles. The van der Waals surface area contributed by atoms with Crippen molar-refractivity contribution in [3.8, 4) is 22.4 Å². The number of nitrogens with zero attached hydrogens (tertiary/aromatic N) is 1. The SMILES string of the molecule is CCCNc1cc(-c2c(C)cc(C)cc2C)cc(-c2c(C)cc(C)cc2C)n1. The molecule has 0 aliphatic heterocycles. The molecule has 0 amide bonds. The maximum Gasteiger partial charge on any atom is 0.127 e. The van der Waals surface area contributed by atoms with Crippen LogP contribution in [0.4, 0.5) is 5.82 Å². The van der Waals surface area contributed by atoms with Gasteiger partial charge in [-0.25, -0.2) is 4.98 Å². The number of hydrogen-bond donors (Lipinski definition) is 1. The average Bonchev–Trinajstić information content (AvgIpc) is 2.58. The summed E-state index contributed by atoms with van der Waals surface area (Å²) in [5, 5.41) is 3.50. The van der Waals surface area contributed by atoms with E-state index in [1.165, 1.54) is 50.1 Å². The Hall–Kier alpha value is -2.61. The smallest absolute Gasteiger partial charge is 0.127 e. The molecule has 2 aromatic carbocycles. The van der Waals surface area contributed by atoms with Crippen molar-refractivity contribution >= 4 is 5.82 Å². The molecule has 146 valence electrons. The lowest BCUT2D eigenvalue weighted by Crippen LogP contribution is -2.04. The maximum atomic E-state index is 4.98. The van der Waals surface area contributed by atoms with E-state index in [9.17, 15) is 0 Å². The van der Waals surface area contributed by atoms with Crippen molar-refractivity contribution in [1.82, 2.24) is 4.98 Å². The van der Waals surface area contributed by atoms with E-state index in [1.54, 1.807) is 0 Å². The van der Waals surface area contributed by atoms with Crippen LogP contribution in [0, 0.1) is 41.5 Å². The molecule has 0 radical (unpaired) electrons. The number of rotatable bonds is 5. The van der Waals surface area contributed by atoms with Gasteiger partial charge in [-0.05, 0) is 93.5 Å². The number of benzene rings is 2. The summed E-state index contributed by atoms with van der Waals surface area (Å²) in [6.07, 6.45) is 1.08. The highest BCUT2D eigenvalue weighted by atomic mass is 15.0. The second kappa shape index (κ2) is 8.18. The number of aryl methyl sites for hydroxylation is 6. The molecule has 3 aromatic rings. The van der Waals surface area contributed by atoms with E-state index >= 15 is 0 Å². The molecule has 0 atom stereocenters. The van der Waals surface area contributed by atoms with Gasteiger partial charge in [-0.2, -0.15) is 0 Å². The van der Waals surface area contributed by atoms with Crippen molar-refractivity contribution in [3.63, 3.8) is 0 Å². The van der Waals surface area contributed by atoms with Crippen molar-refractivity contribution in [1.29, 1.82) is 0 Å². The molecule has 28 heavy (non-hydrogen) atoms. The fourth-order valence-corrected chi connectivity index (χ4v) is 4.37. The first-order valence-electron chi connectivity index (χ1n) is 10.2. The van der Waals surface area contributed by atoms with Gasteiger partial charge in [0.1, 0.15) is 5.82 Å². The van der Waals surface area contributed by atoms with Gasteiger partial charge in [-0.3, -0.25) is 0 Å². The minimum Gasteiger partial charge on any atom is -0.370 e. The first kappa shape index (κ1) is 20.1. The summed E-state index contributed by atoms with van der Waals surface area (Å²) in [4.78, 5) is 4.98. The monoisotopic (exact) mass is 372 g/mol. The molecule has 2 heteroatoms. The first-order chi connectivity index (χ1) is 13.3. The Morgan fingerprint density at radius 2 is 1.18 bits per heavy atom. The van der Waals surface area contributed by atoms with Gasteiger partial charge in [0.05, 0.1) is 5.69 Å². The van der Waals surface area contributed by atoms with Crippen molar-refractivity contribution in [2.24, 2.45) is 0 Å². The van der Waals surface area contributed by atoms with Gasteiger partial charge in [-0.1, -0.05) is 42.3 Å². The van der Waals surface area contributed by atoms with Gasteiger partial charge in [0.2, 0.25) is 0 Å². The van der Waals surface area contributed by atoms with Crippen LogP contribution in [0.1, 0.15) is 46.7 Å². The van der Waals surface area contributed by atoms with Crippen LogP contribution in [-0.4, -0.2) is 11.5 Å². The van der Waals surface area contributed by atoms with E-state index in [4.69, 9.17) is 4.98 Å². The van der Waals surface area contributed by atoms with Crippen LogP contribution in [0.3, 0.4) is 0 Å². The first-order valence-corrected chi connectivity index (χ1v) is 10.2. The lowest BCUT2D eigenvalue weighted by Gasteiger charge is -2.17. The minimum atomic E-state index is 0.924. The highest BCUT2D eigenvalue weighted by Gasteiger charge is 2.14. The molecule has 0 saturated carbocycles. The molecule has 0 bridgehead atoms. The summed E-state index contributed by atoms with van der Waals surface area (Å²) < 4.78 is 0. The van der Waals surface area contributed by atoms with Gasteiger partial charge in [0, 0.05) is 12.1 Å². The van der Waals surface area contributed by atoms with Gasteiger partial charge in [0.25, 0.3) is 0 Å². The summed E-state index contributed by atoms with van der Waals surface area (Å²) in [7, 11) is 0. The van der Waals surface area contributed by atoms with Crippen molar-refractivity contribution in [3.05, 3.63) is 69.8 Å². The molecule has 3 rings (SSSR count). The molecular weight excluding hydrogens is 340 g/mol. The largest absolute Gasteiger partial charge is 0.370 e. The molecule has 0 spiro atoms. The zero-order valence-corrected chi connectivity index (χ0v) is 18.3. The van der Waals surface area contributed by atoms with E-state index in [0.717, 1.165) is 24.5 Å². The van der Waals surface area contributed by atoms with Gasteiger partial charge >= 0.3 is 0 Å². The predicted octanol–water partition coefficient (Wildman–Crippen LogP) is 7.09. The highest BCUT2D eigenvalue weighted by Crippen LogP contribution is 2.35. The quantitative estimate of drug-likeness (QED) is 0.517. The minimum absolute atomic E-state index is 0.924. The van der Waals surface area contributed by atoms with Gasteiger partial charge in [0.15, 0.2) is 0 Å². The Morgan fingerprint density at radius 1 is 0.679 bits per heavy atom. The van der Waals surface area contributed by atoms with Gasteiger partial charge < -0.3 is 5.32 Å². The molecular formula is C26H32N2. The molecule has 1 N–H and O–H groups in total. The summed E-state index contributed by atoms with van der Waals surface area (Å²) in [6.45, 7) is 16.2. The Balaban J connectivity index is 2.25. The van der Waals surface area contributed by atoms with E-state index in [2.05, 4.69) is 90.2 Å². The van der Waals surface area contributed by atoms with Gasteiger partial charge in [-0.15, -0.1) is 0 Å². The van der Waals surface area contributed by atoms with E-state index < -0.39 is 0 Å². The average molecular weight is 373 g/mol. The van der Waals surface area contributed by atoms with E-state index in [0.29, 0.717) is 0 Å². The topological polar surface area (TPSA) is 24.9 Å². The van der Waals surface area contributed by atoms with Crippen molar-refractivity contribution in [2.75, 3.05) is 11.9 Å². The number of aromatic nitrogens is 1. The summed E-state index contributed by atoms with van der Waals surface area (Å²) >= 11 is 0. The van der Waals surface area contributed by atoms with Crippen LogP contribution in [0.15, 0.2) is 36.4 Å². The molecule has 2 nitrogen and oxygen atoms in total. The van der Waals surface area contributed by atoms with E-state index in [-0.39, 0.29) is 0 Å². The maximum absolute atomic E-state index is 4.98. The fraction of sp³-hybridized carbons (Fsp3) is 0.346. The fourth-order valence-electron chi connectivity index (χ4n) is 4.37. The van der Waals surface area contributed by atoms with E-state index in [1.807, 2.05) is 0 Å². The third-order valence-electron chi connectivity index (χ3n) is 5.28. The molecule has 0 unspecified atom stereocenters. The van der Waals surface area contributed by atoms with Crippen molar-refractivity contribution in [2.45, 2.75) is 54.9 Å². The third kappa shape index (κ3) is 4.11. The number of hydrogen-bond acceptors (Lipinski definition) is 2. The van der Waals surface area contributed by atoms with Crippen LogP contribution >= 0.6 is 0 Å². The lowest BCUT2D eigenvalue weighted by atomic mass is 9.91. The number of anilines is 1. The zero-order chi connectivity index (χ0) is 20.4. The van der Waals surface area contributed by atoms with Crippen LogP contribution < -0.4 is 5.32 Å². The third-order valence-corrected chi connectivity index (χ3v) is 5.28. The summed E-state index contributed by atoms with van der Waals surface area (Å²) in [6, 6.07) is 13.5. The molecule has 0 aliphatic rings. The highest BCUT2D eigenvalue weighted by molar-refractivity contribution is 5.79. The van der Waals surface area contributed by atoms with Crippen LogP contribution in [0.5, 0.6) is 0 Å². The number of pyridine rings is 1. The van der Waals surface area contributed by atoms with Crippen LogP contribution in [0.2, 0.25) is 0 Å². The number of nitrogens with one attached hydrogen (secondary N) is 1. The molecule has 1 heterocycles. The van der Waals surface area contributed by atoms with Crippen LogP contribution in [-0.2, 0) is 0 Å². The standard InChI is InChI=1S/C26H32N2/c1-8-9-27-24-15-22(25-18(4)10-16(2)11-19(25)5)14-23(28-24)26-20(6)12-17(3)13-21(26)7/h10-15H,8-9H2,1-7H3,(H,27,28). The Bertz CT molecular complexity index is 893. The predicted molar refractivity (Wildman–Crippen MR) is 122 cm³/mol.